The minimum atomic E-state index is -0.572. The van der Waals surface area contributed by atoms with Gasteiger partial charge in [0.2, 0.25) is 0 Å². The number of hydrogen-bond donors (Lipinski definition) is 1. The zero-order valence-electron chi connectivity index (χ0n) is 13.3. The average molecular weight is 319 g/mol. The summed E-state index contributed by atoms with van der Waals surface area (Å²) in [6.07, 6.45) is 2.17. The van der Waals surface area contributed by atoms with Gasteiger partial charge in [-0.1, -0.05) is 0 Å². The molecule has 0 unspecified atom stereocenters. The van der Waals surface area contributed by atoms with E-state index in [9.17, 15) is 9.18 Å². The number of hydrogen-bond acceptors (Lipinski definition) is 4. The van der Waals surface area contributed by atoms with Crippen LogP contribution in [0.25, 0.3) is 0 Å². The number of carbonyl (C=O) groups is 1. The van der Waals surface area contributed by atoms with Crippen LogP contribution in [0.2, 0.25) is 0 Å². The topological polar surface area (TPSA) is 65.4 Å². The number of nitriles is 1. The Morgan fingerprint density at radius 2 is 2.35 bits per heavy atom. The molecular formula is C17H22FN3O2. The third kappa shape index (κ3) is 5.31. The Hall–Kier alpha value is -1.97. The van der Waals surface area contributed by atoms with Crippen LogP contribution < -0.4 is 5.32 Å². The number of likely N-dealkylation sites (tertiary alicyclic amines) is 1. The van der Waals surface area contributed by atoms with E-state index in [1.54, 1.807) is 7.11 Å². The summed E-state index contributed by atoms with van der Waals surface area (Å²) in [5.74, 6) is -0.527. The molecule has 1 heterocycles. The molecule has 1 aromatic carbocycles. The molecule has 2 rings (SSSR count). The number of piperidine rings is 1. The van der Waals surface area contributed by atoms with Crippen LogP contribution >= 0.6 is 0 Å². The fourth-order valence-corrected chi connectivity index (χ4v) is 2.87. The average Bonchev–Trinajstić information content (AvgIpc) is 2.57. The van der Waals surface area contributed by atoms with Crippen molar-refractivity contribution < 1.29 is 13.9 Å². The van der Waals surface area contributed by atoms with Crippen molar-refractivity contribution in [2.45, 2.75) is 12.8 Å². The summed E-state index contributed by atoms with van der Waals surface area (Å²) in [6.45, 7) is 4.15. The van der Waals surface area contributed by atoms with Crippen molar-refractivity contribution in [1.29, 1.82) is 5.26 Å². The Morgan fingerprint density at radius 1 is 1.52 bits per heavy atom. The summed E-state index contributed by atoms with van der Waals surface area (Å²) in [6, 6.07) is 5.53. The van der Waals surface area contributed by atoms with Crippen LogP contribution in [0, 0.1) is 23.1 Å². The Bertz CT molecular complexity index is 586. The van der Waals surface area contributed by atoms with Crippen molar-refractivity contribution >= 4 is 5.91 Å². The molecule has 5 nitrogen and oxygen atoms in total. The highest BCUT2D eigenvalue weighted by Gasteiger charge is 2.20. The highest BCUT2D eigenvalue weighted by Crippen LogP contribution is 2.16. The molecule has 1 N–H and O–H groups in total. The third-order valence-electron chi connectivity index (χ3n) is 4.06. The second-order valence-corrected chi connectivity index (χ2v) is 5.85. The number of amides is 1. The van der Waals surface area contributed by atoms with E-state index in [0.717, 1.165) is 44.6 Å². The van der Waals surface area contributed by atoms with E-state index in [1.807, 2.05) is 6.07 Å². The van der Waals surface area contributed by atoms with Crippen molar-refractivity contribution in [3.05, 3.63) is 35.1 Å². The molecule has 1 aromatic rings. The van der Waals surface area contributed by atoms with Gasteiger partial charge in [0.15, 0.2) is 0 Å². The molecule has 1 aliphatic rings. The molecule has 0 aliphatic carbocycles. The second kappa shape index (κ2) is 8.61. The van der Waals surface area contributed by atoms with Crippen LogP contribution in [0.15, 0.2) is 18.2 Å². The summed E-state index contributed by atoms with van der Waals surface area (Å²) in [7, 11) is 1.69. The summed E-state index contributed by atoms with van der Waals surface area (Å²) < 4.78 is 18.5. The zero-order valence-corrected chi connectivity index (χ0v) is 13.3. The summed E-state index contributed by atoms with van der Waals surface area (Å²) in [5.41, 5.74) is 0.340. The monoisotopic (exact) mass is 319 g/mol. The van der Waals surface area contributed by atoms with Gasteiger partial charge < -0.3 is 15.0 Å². The van der Waals surface area contributed by atoms with Gasteiger partial charge in [-0.05, 0) is 43.5 Å². The quantitative estimate of drug-likeness (QED) is 0.868. The number of rotatable bonds is 6. The van der Waals surface area contributed by atoms with Crippen LogP contribution in [0.3, 0.4) is 0 Å². The molecule has 0 saturated carbocycles. The van der Waals surface area contributed by atoms with Crippen LogP contribution in [-0.2, 0) is 4.74 Å². The molecule has 0 bridgehead atoms. The Kier molecular flexibility index (Phi) is 6.51. The Labute approximate surface area is 136 Å². The van der Waals surface area contributed by atoms with E-state index < -0.39 is 5.82 Å². The van der Waals surface area contributed by atoms with E-state index >= 15 is 0 Å². The first-order valence-electron chi connectivity index (χ1n) is 7.82. The van der Waals surface area contributed by atoms with Crippen molar-refractivity contribution in [2.24, 2.45) is 5.92 Å². The van der Waals surface area contributed by atoms with Gasteiger partial charge in [-0.15, -0.1) is 0 Å². The van der Waals surface area contributed by atoms with Crippen LogP contribution in [0.1, 0.15) is 28.8 Å². The molecule has 1 fully saturated rings. The lowest BCUT2D eigenvalue weighted by atomic mass is 9.98. The molecule has 1 aliphatic heterocycles. The number of ether oxygens (including phenoxy) is 1. The normalized spacial score (nSPS) is 18.4. The van der Waals surface area contributed by atoms with Crippen molar-refractivity contribution in [3.8, 4) is 6.07 Å². The number of methoxy groups -OCH3 is 1. The van der Waals surface area contributed by atoms with Gasteiger partial charge in [0.1, 0.15) is 5.82 Å². The molecule has 1 atom stereocenters. The van der Waals surface area contributed by atoms with Gasteiger partial charge in [-0.25, -0.2) is 4.39 Å². The van der Waals surface area contributed by atoms with Crippen LogP contribution in [0.4, 0.5) is 4.39 Å². The minimum Gasteiger partial charge on any atom is -0.383 e. The maximum absolute atomic E-state index is 13.4. The number of benzene rings is 1. The molecule has 0 aromatic heterocycles. The van der Waals surface area contributed by atoms with E-state index in [-0.39, 0.29) is 17.0 Å². The molecule has 0 spiro atoms. The summed E-state index contributed by atoms with van der Waals surface area (Å²) >= 11 is 0. The number of halogens is 1. The number of nitrogens with one attached hydrogen (secondary N) is 1. The first-order chi connectivity index (χ1) is 11.1. The molecular weight excluding hydrogens is 297 g/mol. The first kappa shape index (κ1) is 17.4. The highest BCUT2D eigenvalue weighted by molar-refractivity contribution is 5.94. The van der Waals surface area contributed by atoms with Crippen molar-refractivity contribution in [1.82, 2.24) is 10.2 Å². The maximum atomic E-state index is 13.4. The minimum absolute atomic E-state index is 0.151. The molecule has 0 radical (unpaired) electrons. The molecule has 6 heteroatoms. The predicted octanol–water partition coefficient (Wildman–Crippen LogP) is 1.79. The van der Waals surface area contributed by atoms with Gasteiger partial charge in [-0.2, -0.15) is 5.26 Å². The first-order valence-corrected chi connectivity index (χ1v) is 7.82. The Morgan fingerprint density at radius 3 is 3.09 bits per heavy atom. The van der Waals surface area contributed by atoms with E-state index in [4.69, 9.17) is 10.00 Å². The number of nitrogens with zero attached hydrogens (tertiary/aromatic N) is 2. The van der Waals surface area contributed by atoms with Gasteiger partial charge in [0, 0.05) is 32.3 Å². The fraction of sp³-hybridized carbons (Fsp3) is 0.529. The van der Waals surface area contributed by atoms with Gasteiger partial charge >= 0.3 is 0 Å². The van der Waals surface area contributed by atoms with Gasteiger partial charge in [0.25, 0.3) is 5.91 Å². The van der Waals surface area contributed by atoms with E-state index in [0.29, 0.717) is 19.1 Å². The highest BCUT2D eigenvalue weighted by atomic mass is 19.1. The maximum Gasteiger partial charge on any atom is 0.251 e. The van der Waals surface area contributed by atoms with Crippen LogP contribution in [-0.4, -0.2) is 50.7 Å². The lowest BCUT2D eigenvalue weighted by Crippen LogP contribution is -2.42. The number of carbonyl (C=O) groups excluding carboxylic acids is 1. The van der Waals surface area contributed by atoms with Crippen molar-refractivity contribution in [2.75, 3.05) is 39.9 Å². The second-order valence-electron chi connectivity index (χ2n) is 5.85. The van der Waals surface area contributed by atoms with Crippen molar-refractivity contribution in [3.63, 3.8) is 0 Å². The predicted molar refractivity (Wildman–Crippen MR) is 84.5 cm³/mol. The van der Waals surface area contributed by atoms with E-state index in [1.165, 1.54) is 6.07 Å². The van der Waals surface area contributed by atoms with Crippen LogP contribution in [0.5, 0.6) is 0 Å². The molecule has 124 valence electrons. The standard InChI is InChI=1S/C17H22FN3O2/c1-23-6-5-21-4-2-3-13(12-21)11-20-17(22)15-7-14(10-19)8-16(18)9-15/h7-9,13H,2-6,11-12H2,1H3,(H,20,22)/t13-/m0/s1. The lowest BCUT2D eigenvalue weighted by Gasteiger charge is -2.32. The zero-order chi connectivity index (χ0) is 16.7. The summed E-state index contributed by atoms with van der Waals surface area (Å²) in [5, 5.41) is 11.7. The van der Waals surface area contributed by atoms with E-state index in [2.05, 4.69) is 10.2 Å². The Balaban J connectivity index is 1.86. The fourth-order valence-electron chi connectivity index (χ4n) is 2.87. The molecule has 1 saturated heterocycles. The molecule has 1 amide bonds. The van der Waals surface area contributed by atoms with Gasteiger partial charge in [0.05, 0.1) is 18.2 Å². The SMILES string of the molecule is COCCN1CCC[C@@H](CNC(=O)c2cc(F)cc(C#N)c2)C1. The third-order valence-corrected chi connectivity index (χ3v) is 4.06. The smallest absolute Gasteiger partial charge is 0.251 e. The summed E-state index contributed by atoms with van der Waals surface area (Å²) in [4.78, 5) is 14.5. The lowest BCUT2D eigenvalue weighted by molar-refractivity contribution is 0.0912. The van der Waals surface area contributed by atoms with Gasteiger partial charge in [-0.3, -0.25) is 4.79 Å². The largest absolute Gasteiger partial charge is 0.383 e. The molecule has 23 heavy (non-hydrogen) atoms.